The van der Waals surface area contributed by atoms with Crippen LogP contribution in [0.1, 0.15) is 24.3 Å². The molecule has 1 aliphatic rings. The maximum absolute atomic E-state index is 14.0. The Labute approximate surface area is 195 Å². The van der Waals surface area contributed by atoms with Gasteiger partial charge in [0.15, 0.2) is 11.0 Å². The van der Waals surface area contributed by atoms with Crippen molar-refractivity contribution in [3.05, 3.63) is 53.8 Å². The molecule has 4 N–H and O–H groups in total. The number of rotatable bonds is 5. The number of thiazole rings is 1. The second-order valence-electron chi connectivity index (χ2n) is 7.87. The molecule has 1 aliphatic heterocycles. The van der Waals surface area contributed by atoms with Crippen molar-refractivity contribution in [2.45, 2.75) is 31.0 Å². The number of nitrogens with one attached hydrogen (secondary N) is 2. The molecule has 1 aromatic heterocycles. The van der Waals surface area contributed by atoms with E-state index in [1.807, 2.05) is 0 Å². The lowest BCUT2D eigenvalue weighted by molar-refractivity contribution is -0.172. The Morgan fingerprint density at radius 2 is 1.91 bits per heavy atom. The summed E-state index contributed by atoms with van der Waals surface area (Å²) in [6.07, 6.45) is -3.59. The number of carbonyl (C=O) groups is 2. The Balaban J connectivity index is 1.55. The Morgan fingerprint density at radius 1 is 1.18 bits per heavy atom. The Kier molecular flexibility index (Phi) is 6.71. The zero-order valence-corrected chi connectivity index (χ0v) is 18.5. The average Bonchev–Trinajstić information content (AvgIpc) is 3.40. The minimum Gasteiger partial charge on any atom is -0.338 e. The molecule has 12 heteroatoms. The molecular formula is C22H21F4N5O2S. The van der Waals surface area contributed by atoms with Gasteiger partial charge in [-0.3, -0.25) is 10.1 Å². The van der Waals surface area contributed by atoms with Gasteiger partial charge in [0.1, 0.15) is 5.82 Å². The van der Waals surface area contributed by atoms with E-state index in [0.29, 0.717) is 28.7 Å². The molecule has 34 heavy (non-hydrogen) atoms. The third-order valence-electron chi connectivity index (χ3n) is 5.57. The van der Waals surface area contributed by atoms with Crippen LogP contribution in [-0.4, -0.2) is 47.1 Å². The third-order valence-corrected chi connectivity index (χ3v) is 6.51. The van der Waals surface area contributed by atoms with E-state index in [4.69, 9.17) is 5.73 Å². The van der Waals surface area contributed by atoms with Crippen LogP contribution in [0, 0.1) is 5.82 Å². The molecular weight excluding hydrogens is 474 g/mol. The van der Waals surface area contributed by atoms with Crippen molar-refractivity contribution in [3.8, 4) is 0 Å². The van der Waals surface area contributed by atoms with E-state index in [2.05, 4.69) is 15.6 Å². The summed E-state index contributed by atoms with van der Waals surface area (Å²) in [4.78, 5) is 30.5. The zero-order valence-electron chi connectivity index (χ0n) is 17.7. The number of likely N-dealkylation sites (tertiary alicyclic amines) is 1. The molecule has 1 saturated heterocycles. The summed E-state index contributed by atoms with van der Waals surface area (Å²) in [5.74, 6) is -3.78. The van der Waals surface area contributed by atoms with Crippen molar-refractivity contribution in [1.29, 1.82) is 0 Å². The number of urea groups is 1. The molecule has 0 radical (unpaired) electrons. The van der Waals surface area contributed by atoms with Gasteiger partial charge in [-0.2, -0.15) is 13.2 Å². The maximum atomic E-state index is 14.0. The van der Waals surface area contributed by atoms with Crippen LogP contribution < -0.4 is 16.4 Å². The van der Waals surface area contributed by atoms with E-state index in [9.17, 15) is 27.2 Å². The Hall–Kier alpha value is -3.25. The van der Waals surface area contributed by atoms with Gasteiger partial charge in [0.2, 0.25) is 5.91 Å². The number of fused-ring (bicyclic) bond motifs is 1. The molecule has 180 valence electrons. The van der Waals surface area contributed by atoms with E-state index in [1.54, 1.807) is 0 Å². The summed E-state index contributed by atoms with van der Waals surface area (Å²) in [6.45, 7) is 0.354. The van der Waals surface area contributed by atoms with Gasteiger partial charge in [0.25, 0.3) is 0 Å². The molecule has 0 saturated carbocycles. The standard InChI is InChI=1S/C22H21F4N5O2S/c23-13-4-6-14(7-5-13)28-20(33)30-21-29-16-8-3-12(10-17(16)34-21)18(22(24,25)26)19(32)31-9-1-2-15(31)11-27/h3-8,10,15,18H,1-2,9,11,27H2,(H2,28,29,30,33)/t15-,18-/m1/s1. The molecule has 0 bridgehead atoms. The minimum absolute atomic E-state index is 0.110. The van der Waals surface area contributed by atoms with E-state index >= 15 is 0 Å². The highest BCUT2D eigenvalue weighted by Crippen LogP contribution is 2.40. The molecule has 1 fully saturated rings. The zero-order chi connectivity index (χ0) is 24.5. The number of hydrogen-bond donors (Lipinski definition) is 3. The average molecular weight is 496 g/mol. The van der Waals surface area contributed by atoms with Gasteiger partial charge in [-0.1, -0.05) is 17.4 Å². The summed E-state index contributed by atoms with van der Waals surface area (Å²) in [6, 6.07) is 7.98. The van der Waals surface area contributed by atoms with Gasteiger partial charge in [0, 0.05) is 24.8 Å². The fourth-order valence-electron chi connectivity index (χ4n) is 3.98. The van der Waals surface area contributed by atoms with E-state index in [-0.39, 0.29) is 23.8 Å². The normalized spacial score (nSPS) is 17.1. The van der Waals surface area contributed by atoms with E-state index < -0.39 is 35.9 Å². The summed E-state index contributed by atoms with van der Waals surface area (Å²) < 4.78 is 55.3. The predicted octanol–water partition coefficient (Wildman–Crippen LogP) is 4.68. The first kappa shape index (κ1) is 23.9. The highest BCUT2D eigenvalue weighted by molar-refractivity contribution is 7.22. The van der Waals surface area contributed by atoms with Crippen LogP contribution in [0.25, 0.3) is 10.2 Å². The predicted molar refractivity (Wildman–Crippen MR) is 121 cm³/mol. The summed E-state index contributed by atoms with van der Waals surface area (Å²) in [7, 11) is 0. The van der Waals surface area contributed by atoms with Gasteiger partial charge >= 0.3 is 12.2 Å². The van der Waals surface area contributed by atoms with Gasteiger partial charge in [-0.25, -0.2) is 14.2 Å². The molecule has 2 atom stereocenters. The van der Waals surface area contributed by atoms with Crippen molar-refractivity contribution in [1.82, 2.24) is 9.88 Å². The number of anilines is 2. The highest BCUT2D eigenvalue weighted by Gasteiger charge is 2.49. The molecule has 0 spiro atoms. The largest absolute Gasteiger partial charge is 0.404 e. The van der Waals surface area contributed by atoms with Crippen LogP contribution in [0.5, 0.6) is 0 Å². The van der Waals surface area contributed by atoms with Gasteiger partial charge in [0.05, 0.1) is 10.2 Å². The quantitative estimate of drug-likeness (QED) is 0.448. The topological polar surface area (TPSA) is 100 Å². The molecule has 2 heterocycles. The second-order valence-corrected chi connectivity index (χ2v) is 8.90. The number of amides is 3. The monoisotopic (exact) mass is 495 g/mol. The van der Waals surface area contributed by atoms with Crippen molar-refractivity contribution < 1.29 is 27.2 Å². The number of nitrogens with zero attached hydrogens (tertiary/aromatic N) is 2. The van der Waals surface area contributed by atoms with Gasteiger partial charge in [-0.15, -0.1) is 0 Å². The Morgan fingerprint density at radius 3 is 2.59 bits per heavy atom. The van der Waals surface area contributed by atoms with Crippen molar-refractivity contribution in [2.75, 3.05) is 23.7 Å². The summed E-state index contributed by atoms with van der Waals surface area (Å²) in [5, 5.41) is 5.17. The number of nitrogens with two attached hydrogens (primary N) is 1. The lowest BCUT2D eigenvalue weighted by Gasteiger charge is -2.29. The summed E-state index contributed by atoms with van der Waals surface area (Å²) in [5.41, 5.74) is 6.18. The second kappa shape index (κ2) is 9.55. The van der Waals surface area contributed by atoms with Crippen LogP contribution in [-0.2, 0) is 4.79 Å². The van der Waals surface area contributed by atoms with Gasteiger partial charge in [-0.05, 0) is 54.8 Å². The number of carbonyl (C=O) groups excluding carboxylic acids is 2. The fourth-order valence-corrected chi connectivity index (χ4v) is 4.88. The first-order valence-electron chi connectivity index (χ1n) is 10.5. The van der Waals surface area contributed by atoms with Crippen molar-refractivity contribution >= 4 is 44.3 Å². The fraction of sp³-hybridized carbons (Fsp3) is 0.318. The molecule has 3 amide bonds. The highest BCUT2D eigenvalue weighted by atomic mass is 32.1. The van der Waals surface area contributed by atoms with Crippen LogP contribution in [0.15, 0.2) is 42.5 Å². The lowest BCUT2D eigenvalue weighted by atomic mass is 9.96. The third kappa shape index (κ3) is 5.12. The molecule has 0 unspecified atom stereocenters. The van der Waals surface area contributed by atoms with Gasteiger partial charge < -0.3 is 16.0 Å². The first-order chi connectivity index (χ1) is 16.2. The molecule has 7 nitrogen and oxygen atoms in total. The summed E-state index contributed by atoms with van der Waals surface area (Å²) >= 11 is 0.975. The molecule has 4 rings (SSSR count). The smallest absolute Gasteiger partial charge is 0.338 e. The number of aromatic nitrogens is 1. The van der Waals surface area contributed by atoms with E-state index in [0.717, 1.165) is 11.3 Å². The maximum Gasteiger partial charge on any atom is 0.404 e. The Bertz CT molecular complexity index is 1200. The SMILES string of the molecule is NC[C@H]1CCCN1C(=O)[C@@H](c1ccc2nc(NC(=O)Nc3ccc(F)cc3)sc2c1)C(F)(F)F. The minimum atomic E-state index is -4.78. The van der Waals surface area contributed by atoms with Crippen molar-refractivity contribution in [3.63, 3.8) is 0 Å². The number of halogens is 4. The van der Waals surface area contributed by atoms with Crippen molar-refractivity contribution in [2.24, 2.45) is 5.73 Å². The van der Waals surface area contributed by atoms with E-state index in [1.165, 1.54) is 47.4 Å². The van der Waals surface area contributed by atoms with Crippen LogP contribution in [0.4, 0.5) is 33.2 Å². The van der Waals surface area contributed by atoms with Crippen LogP contribution in [0.3, 0.4) is 0 Å². The number of alkyl halides is 3. The molecule has 3 aromatic rings. The number of hydrogen-bond acceptors (Lipinski definition) is 5. The van der Waals surface area contributed by atoms with Crippen LogP contribution in [0.2, 0.25) is 0 Å². The molecule has 0 aliphatic carbocycles. The van der Waals surface area contributed by atoms with Crippen LogP contribution >= 0.6 is 11.3 Å². The number of benzene rings is 2. The lowest BCUT2D eigenvalue weighted by Crippen LogP contribution is -2.45. The molecule has 2 aromatic carbocycles. The first-order valence-corrected chi connectivity index (χ1v) is 11.3.